The van der Waals surface area contributed by atoms with E-state index in [1.165, 1.54) is 11.3 Å². The summed E-state index contributed by atoms with van der Waals surface area (Å²) in [6, 6.07) is 3.75. The van der Waals surface area contributed by atoms with E-state index < -0.39 is 0 Å². The highest BCUT2D eigenvalue weighted by Crippen LogP contribution is 2.27. The van der Waals surface area contributed by atoms with E-state index in [0.29, 0.717) is 6.54 Å². The fourth-order valence-electron chi connectivity index (χ4n) is 1.52. The van der Waals surface area contributed by atoms with E-state index in [-0.39, 0.29) is 6.10 Å². The van der Waals surface area contributed by atoms with E-state index in [2.05, 4.69) is 4.90 Å². The molecule has 0 amide bonds. The molecule has 0 radical (unpaired) electrons. The topological polar surface area (TPSA) is 40.5 Å². The van der Waals surface area contributed by atoms with Crippen LogP contribution in [0.1, 0.15) is 16.1 Å². The second kappa shape index (κ2) is 3.47. The zero-order valence-electron chi connectivity index (χ0n) is 7.14. The molecule has 1 unspecified atom stereocenters. The molecular formula is C9H11NO2S. The maximum atomic E-state index is 10.4. The summed E-state index contributed by atoms with van der Waals surface area (Å²) in [5, 5.41) is 10.4. The molecule has 1 aliphatic heterocycles. The number of hydrogen-bond donors (Lipinski definition) is 1. The summed E-state index contributed by atoms with van der Waals surface area (Å²) in [6.45, 7) is 1.58. The summed E-state index contributed by atoms with van der Waals surface area (Å²) in [7, 11) is 0. The molecule has 1 aliphatic rings. The van der Waals surface area contributed by atoms with E-state index in [1.807, 2.05) is 12.1 Å². The molecular weight excluding hydrogens is 186 g/mol. The molecule has 0 spiro atoms. The highest BCUT2D eigenvalue weighted by molar-refractivity contribution is 7.17. The van der Waals surface area contributed by atoms with Gasteiger partial charge in [0.05, 0.1) is 16.0 Å². The quantitative estimate of drug-likeness (QED) is 0.722. The minimum atomic E-state index is -0.207. The van der Waals surface area contributed by atoms with Crippen LogP contribution in [0.15, 0.2) is 12.1 Å². The molecule has 3 nitrogen and oxygen atoms in total. The lowest BCUT2D eigenvalue weighted by Gasteiger charge is -2.14. The Morgan fingerprint density at radius 1 is 1.62 bits per heavy atom. The van der Waals surface area contributed by atoms with Crippen molar-refractivity contribution < 1.29 is 9.90 Å². The van der Waals surface area contributed by atoms with Gasteiger partial charge in [0.1, 0.15) is 0 Å². The van der Waals surface area contributed by atoms with E-state index in [9.17, 15) is 9.90 Å². The monoisotopic (exact) mass is 197 g/mol. The predicted molar refractivity (Wildman–Crippen MR) is 52.5 cm³/mol. The number of rotatable bonds is 2. The Balaban J connectivity index is 2.12. The van der Waals surface area contributed by atoms with Gasteiger partial charge >= 0.3 is 0 Å². The molecule has 1 atom stereocenters. The molecule has 13 heavy (non-hydrogen) atoms. The molecule has 1 saturated heterocycles. The fraction of sp³-hybridized carbons (Fsp3) is 0.444. The first-order valence-corrected chi connectivity index (χ1v) is 5.09. The van der Waals surface area contributed by atoms with Gasteiger partial charge in [-0.05, 0) is 18.6 Å². The maximum Gasteiger partial charge on any atom is 0.160 e. The molecule has 0 aromatic carbocycles. The Hall–Kier alpha value is -0.870. The van der Waals surface area contributed by atoms with Crippen molar-refractivity contribution in [3.8, 4) is 0 Å². The van der Waals surface area contributed by atoms with Gasteiger partial charge in [-0.1, -0.05) is 0 Å². The first kappa shape index (κ1) is 8.72. The molecule has 0 aliphatic carbocycles. The van der Waals surface area contributed by atoms with Crippen molar-refractivity contribution in [3.05, 3.63) is 17.0 Å². The standard InChI is InChI=1S/C9H11NO2S/c11-6-8-1-2-9(13-8)10-4-3-7(12)5-10/h1-2,6-7,12H,3-5H2. The number of aliphatic hydroxyl groups is 1. The normalized spacial score (nSPS) is 22.2. The highest BCUT2D eigenvalue weighted by Gasteiger charge is 2.21. The number of thiophene rings is 1. The number of nitrogens with zero attached hydrogens (tertiary/aromatic N) is 1. The SMILES string of the molecule is O=Cc1ccc(N2CCC(O)C2)s1. The molecule has 2 rings (SSSR count). The van der Waals surface area contributed by atoms with Gasteiger partial charge in [-0.15, -0.1) is 11.3 Å². The average Bonchev–Trinajstić information content (AvgIpc) is 2.71. The molecule has 1 N–H and O–H groups in total. The van der Waals surface area contributed by atoms with Crippen molar-refractivity contribution >= 4 is 22.6 Å². The predicted octanol–water partition coefficient (Wildman–Crippen LogP) is 1.13. The van der Waals surface area contributed by atoms with E-state index >= 15 is 0 Å². The average molecular weight is 197 g/mol. The first-order valence-electron chi connectivity index (χ1n) is 4.27. The second-order valence-electron chi connectivity index (χ2n) is 3.18. The van der Waals surface area contributed by atoms with Crippen LogP contribution in [0.2, 0.25) is 0 Å². The number of carbonyl (C=O) groups excluding carboxylic acids is 1. The van der Waals surface area contributed by atoms with Gasteiger partial charge in [0.2, 0.25) is 0 Å². The van der Waals surface area contributed by atoms with Crippen LogP contribution in [0.5, 0.6) is 0 Å². The van der Waals surface area contributed by atoms with Crippen LogP contribution in [0.3, 0.4) is 0 Å². The van der Waals surface area contributed by atoms with Gasteiger partial charge < -0.3 is 10.0 Å². The maximum absolute atomic E-state index is 10.4. The van der Waals surface area contributed by atoms with Crippen LogP contribution < -0.4 is 4.90 Å². The third-order valence-corrected chi connectivity index (χ3v) is 3.28. The summed E-state index contributed by atoms with van der Waals surface area (Å²) in [4.78, 5) is 13.3. The zero-order valence-corrected chi connectivity index (χ0v) is 7.96. The fourth-order valence-corrected chi connectivity index (χ4v) is 2.37. The van der Waals surface area contributed by atoms with E-state index in [1.54, 1.807) is 0 Å². The van der Waals surface area contributed by atoms with E-state index in [0.717, 1.165) is 29.1 Å². The Labute approximate surface area is 80.6 Å². The summed E-state index contributed by atoms with van der Waals surface area (Å²) in [5.41, 5.74) is 0. The lowest BCUT2D eigenvalue weighted by molar-refractivity contribution is 0.112. The van der Waals surface area contributed by atoms with Crippen LogP contribution >= 0.6 is 11.3 Å². The van der Waals surface area contributed by atoms with Crippen molar-refractivity contribution in [2.75, 3.05) is 18.0 Å². The van der Waals surface area contributed by atoms with Crippen LogP contribution in [-0.4, -0.2) is 30.6 Å². The number of aldehydes is 1. The minimum Gasteiger partial charge on any atom is -0.391 e. The molecule has 0 bridgehead atoms. The number of β-amino-alcohol motifs (C(OH)–C–C–N with tert-alkyl or cyclic N) is 1. The van der Waals surface area contributed by atoms with Gasteiger partial charge in [-0.2, -0.15) is 0 Å². The second-order valence-corrected chi connectivity index (χ2v) is 4.28. The Morgan fingerprint density at radius 2 is 2.46 bits per heavy atom. The molecule has 1 fully saturated rings. The summed E-state index contributed by atoms with van der Waals surface area (Å²) < 4.78 is 0. The van der Waals surface area contributed by atoms with Gasteiger partial charge in [0, 0.05) is 13.1 Å². The number of carbonyl (C=O) groups is 1. The Kier molecular flexibility index (Phi) is 2.33. The number of anilines is 1. The number of aliphatic hydroxyl groups excluding tert-OH is 1. The first-order chi connectivity index (χ1) is 6.29. The number of hydrogen-bond acceptors (Lipinski definition) is 4. The Bertz CT molecular complexity index is 310. The third kappa shape index (κ3) is 1.73. The molecule has 0 saturated carbocycles. The van der Waals surface area contributed by atoms with Crippen molar-refractivity contribution in [1.82, 2.24) is 0 Å². The molecule has 1 aromatic heterocycles. The van der Waals surface area contributed by atoms with Crippen LogP contribution in [-0.2, 0) is 0 Å². The van der Waals surface area contributed by atoms with Crippen LogP contribution in [0, 0.1) is 0 Å². The molecule has 70 valence electrons. The van der Waals surface area contributed by atoms with Crippen molar-refractivity contribution in [2.45, 2.75) is 12.5 Å². The van der Waals surface area contributed by atoms with Crippen molar-refractivity contribution in [1.29, 1.82) is 0 Å². The van der Waals surface area contributed by atoms with Crippen LogP contribution in [0.25, 0.3) is 0 Å². The molecule has 4 heteroatoms. The molecule has 1 aromatic rings. The lowest BCUT2D eigenvalue weighted by Crippen LogP contribution is -2.19. The zero-order chi connectivity index (χ0) is 9.26. The van der Waals surface area contributed by atoms with Gasteiger partial charge in [0.25, 0.3) is 0 Å². The highest BCUT2D eigenvalue weighted by atomic mass is 32.1. The van der Waals surface area contributed by atoms with Crippen molar-refractivity contribution in [3.63, 3.8) is 0 Å². The van der Waals surface area contributed by atoms with Crippen LogP contribution in [0.4, 0.5) is 5.00 Å². The van der Waals surface area contributed by atoms with Gasteiger partial charge in [0.15, 0.2) is 6.29 Å². The smallest absolute Gasteiger partial charge is 0.160 e. The summed E-state index contributed by atoms with van der Waals surface area (Å²) >= 11 is 1.48. The summed E-state index contributed by atoms with van der Waals surface area (Å²) in [5.74, 6) is 0. The molecule has 2 heterocycles. The Morgan fingerprint density at radius 3 is 3.00 bits per heavy atom. The summed E-state index contributed by atoms with van der Waals surface area (Å²) in [6.07, 6.45) is 1.48. The van der Waals surface area contributed by atoms with Crippen molar-refractivity contribution in [2.24, 2.45) is 0 Å². The van der Waals surface area contributed by atoms with E-state index in [4.69, 9.17) is 0 Å². The largest absolute Gasteiger partial charge is 0.391 e. The minimum absolute atomic E-state index is 0.207. The van der Waals surface area contributed by atoms with Gasteiger partial charge in [-0.25, -0.2) is 0 Å². The van der Waals surface area contributed by atoms with Gasteiger partial charge in [-0.3, -0.25) is 4.79 Å². The third-order valence-electron chi connectivity index (χ3n) is 2.20. The lowest BCUT2D eigenvalue weighted by atomic mass is 10.3.